The van der Waals surface area contributed by atoms with Crippen LogP contribution in [0.15, 0.2) is 22.6 Å². The summed E-state index contributed by atoms with van der Waals surface area (Å²) in [6.07, 6.45) is 0. The maximum atomic E-state index is 12.1. The molecular formula is C17H25ClN2O3. The summed E-state index contributed by atoms with van der Waals surface area (Å²) in [7, 11) is 3.48. The predicted octanol–water partition coefficient (Wildman–Crippen LogP) is 3.20. The molecule has 0 saturated carbocycles. The Balaban J connectivity index is 0.00000264. The molecule has 0 radical (unpaired) electrons. The van der Waals surface area contributed by atoms with E-state index in [-0.39, 0.29) is 30.3 Å². The average Bonchev–Trinajstić information content (AvgIpc) is 2.84. The number of furan rings is 1. The van der Waals surface area contributed by atoms with Gasteiger partial charge in [0, 0.05) is 23.4 Å². The Bertz CT molecular complexity index is 669. The van der Waals surface area contributed by atoms with Gasteiger partial charge in [0.1, 0.15) is 17.1 Å². The van der Waals surface area contributed by atoms with Gasteiger partial charge in [-0.15, -0.1) is 12.4 Å². The van der Waals surface area contributed by atoms with Crippen LogP contribution in [0.25, 0.3) is 11.0 Å². The highest BCUT2D eigenvalue weighted by molar-refractivity contribution is 5.85. The summed E-state index contributed by atoms with van der Waals surface area (Å²) in [6.45, 7) is 6.48. The zero-order valence-electron chi connectivity index (χ0n) is 14.2. The van der Waals surface area contributed by atoms with Gasteiger partial charge in [0.15, 0.2) is 0 Å². The molecule has 0 aliphatic rings. The minimum atomic E-state index is -0.176. The largest absolute Gasteiger partial charge is 0.497 e. The summed E-state index contributed by atoms with van der Waals surface area (Å²) >= 11 is 0. The lowest BCUT2D eigenvalue weighted by Crippen LogP contribution is -2.35. The molecule has 23 heavy (non-hydrogen) atoms. The van der Waals surface area contributed by atoms with Crippen LogP contribution in [0.1, 0.15) is 31.2 Å². The Morgan fingerprint density at radius 3 is 2.65 bits per heavy atom. The van der Waals surface area contributed by atoms with Crippen LogP contribution in [0.5, 0.6) is 5.75 Å². The molecule has 0 fully saturated rings. The molecule has 2 atom stereocenters. The standard InChI is InChI=1S/C17H24N2O3.ClH/c1-10(9-18-4)17(20)19-12(3)16-11(2)14-8-13(21-5)6-7-15(14)22-16;/h6-8,10,12,18H,9H2,1-5H3,(H,19,20);1H. The van der Waals surface area contributed by atoms with Crippen LogP contribution in [0.4, 0.5) is 0 Å². The number of benzene rings is 1. The monoisotopic (exact) mass is 340 g/mol. The first-order valence-electron chi connectivity index (χ1n) is 7.50. The molecule has 5 nitrogen and oxygen atoms in total. The number of hydrogen-bond donors (Lipinski definition) is 2. The van der Waals surface area contributed by atoms with Gasteiger partial charge in [-0.05, 0) is 39.1 Å². The molecule has 0 spiro atoms. The van der Waals surface area contributed by atoms with E-state index in [4.69, 9.17) is 9.15 Å². The number of aryl methyl sites for hydroxylation is 1. The Kier molecular flexibility index (Phi) is 6.91. The lowest BCUT2D eigenvalue weighted by molar-refractivity contribution is -0.125. The van der Waals surface area contributed by atoms with Crippen molar-refractivity contribution in [1.82, 2.24) is 10.6 Å². The van der Waals surface area contributed by atoms with Crippen LogP contribution in [-0.2, 0) is 4.79 Å². The summed E-state index contributed by atoms with van der Waals surface area (Å²) in [6, 6.07) is 5.54. The lowest BCUT2D eigenvalue weighted by Gasteiger charge is -2.16. The quantitative estimate of drug-likeness (QED) is 0.847. The molecule has 0 bridgehead atoms. The SMILES string of the molecule is CNCC(C)C(=O)NC(C)c1oc2ccc(OC)cc2c1C.Cl. The van der Waals surface area contributed by atoms with Crippen molar-refractivity contribution >= 4 is 29.3 Å². The van der Waals surface area contributed by atoms with Crippen molar-refractivity contribution in [2.45, 2.75) is 26.8 Å². The third-order valence-corrected chi connectivity index (χ3v) is 3.89. The number of carbonyl (C=O) groups is 1. The number of halogens is 1. The van der Waals surface area contributed by atoms with Crippen molar-refractivity contribution in [2.75, 3.05) is 20.7 Å². The topological polar surface area (TPSA) is 63.5 Å². The van der Waals surface area contributed by atoms with Crippen molar-refractivity contribution < 1.29 is 13.9 Å². The van der Waals surface area contributed by atoms with Gasteiger partial charge in [-0.25, -0.2) is 0 Å². The molecule has 0 aliphatic heterocycles. The number of carbonyl (C=O) groups excluding carboxylic acids is 1. The highest BCUT2D eigenvalue weighted by Gasteiger charge is 2.21. The van der Waals surface area contributed by atoms with Crippen LogP contribution in [-0.4, -0.2) is 26.6 Å². The average molecular weight is 341 g/mol. The zero-order chi connectivity index (χ0) is 16.3. The molecule has 2 N–H and O–H groups in total. The minimum absolute atomic E-state index is 0. The van der Waals surface area contributed by atoms with Crippen molar-refractivity contribution in [3.63, 3.8) is 0 Å². The highest BCUT2D eigenvalue weighted by Crippen LogP contribution is 2.31. The lowest BCUT2D eigenvalue weighted by atomic mass is 10.1. The summed E-state index contributed by atoms with van der Waals surface area (Å²) < 4.78 is 11.2. The molecule has 1 heterocycles. The summed E-state index contributed by atoms with van der Waals surface area (Å²) in [5.74, 6) is 1.51. The van der Waals surface area contributed by atoms with E-state index in [0.29, 0.717) is 6.54 Å². The van der Waals surface area contributed by atoms with Crippen molar-refractivity contribution in [3.05, 3.63) is 29.5 Å². The maximum Gasteiger partial charge on any atom is 0.224 e. The third kappa shape index (κ3) is 4.18. The van der Waals surface area contributed by atoms with E-state index in [1.807, 2.05) is 46.0 Å². The van der Waals surface area contributed by atoms with E-state index in [1.165, 1.54) is 0 Å². The predicted molar refractivity (Wildman–Crippen MR) is 94.4 cm³/mol. The fourth-order valence-electron chi connectivity index (χ4n) is 2.58. The molecule has 2 unspecified atom stereocenters. The molecule has 0 aliphatic carbocycles. The van der Waals surface area contributed by atoms with Gasteiger partial charge >= 0.3 is 0 Å². The molecule has 1 amide bonds. The fourth-order valence-corrected chi connectivity index (χ4v) is 2.58. The first-order valence-corrected chi connectivity index (χ1v) is 7.50. The second-order valence-electron chi connectivity index (χ2n) is 5.64. The molecule has 1 aromatic carbocycles. The highest BCUT2D eigenvalue weighted by atomic mass is 35.5. The van der Waals surface area contributed by atoms with Gasteiger partial charge < -0.3 is 19.8 Å². The first-order chi connectivity index (χ1) is 10.5. The number of methoxy groups -OCH3 is 1. The Labute approximate surface area is 143 Å². The van der Waals surface area contributed by atoms with E-state index in [2.05, 4.69) is 10.6 Å². The van der Waals surface area contributed by atoms with E-state index >= 15 is 0 Å². The number of rotatable bonds is 6. The van der Waals surface area contributed by atoms with Crippen molar-refractivity contribution in [1.29, 1.82) is 0 Å². The molecule has 128 valence electrons. The van der Waals surface area contributed by atoms with Gasteiger partial charge in [-0.3, -0.25) is 4.79 Å². The normalized spacial score (nSPS) is 13.3. The Hall–Kier alpha value is -1.72. The van der Waals surface area contributed by atoms with Gasteiger partial charge in [0.25, 0.3) is 0 Å². The van der Waals surface area contributed by atoms with Crippen LogP contribution >= 0.6 is 12.4 Å². The van der Waals surface area contributed by atoms with E-state index in [9.17, 15) is 4.79 Å². The van der Waals surface area contributed by atoms with Gasteiger partial charge in [-0.2, -0.15) is 0 Å². The van der Waals surface area contributed by atoms with Crippen LogP contribution in [0.2, 0.25) is 0 Å². The maximum absolute atomic E-state index is 12.1. The number of amides is 1. The number of fused-ring (bicyclic) bond motifs is 1. The van der Waals surface area contributed by atoms with E-state index < -0.39 is 0 Å². The number of nitrogens with one attached hydrogen (secondary N) is 2. The van der Waals surface area contributed by atoms with Crippen LogP contribution in [0.3, 0.4) is 0 Å². The molecule has 0 saturated heterocycles. The van der Waals surface area contributed by atoms with Crippen LogP contribution in [0, 0.1) is 12.8 Å². The van der Waals surface area contributed by atoms with Gasteiger partial charge in [0.05, 0.1) is 13.2 Å². The summed E-state index contributed by atoms with van der Waals surface area (Å²) in [4.78, 5) is 12.1. The second kappa shape index (κ2) is 8.22. The van der Waals surface area contributed by atoms with Gasteiger partial charge in [-0.1, -0.05) is 6.92 Å². The molecule has 6 heteroatoms. The Morgan fingerprint density at radius 1 is 1.35 bits per heavy atom. The van der Waals surface area contributed by atoms with Gasteiger partial charge in [0.2, 0.25) is 5.91 Å². The molecule has 1 aromatic heterocycles. The third-order valence-electron chi connectivity index (χ3n) is 3.89. The smallest absolute Gasteiger partial charge is 0.224 e. The van der Waals surface area contributed by atoms with E-state index in [1.54, 1.807) is 7.11 Å². The summed E-state index contributed by atoms with van der Waals surface area (Å²) in [5, 5.41) is 7.03. The number of hydrogen-bond acceptors (Lipinski definition) is 4. The van der Waals surface area contributed by atoms with E-state index in [0.717, 1.165) is 28.0 Å². The zero-order valence-corrected chi connectivity index (χ0v) is 15.0. The fraction of sp³-hybridized carbons (Fsp3) is 0.471. The Morgan fingerprint density at radius 2 is 2.04 bits per heavy atom. The molecule has 2 aromatic rings. The molecule has 2 rings (SSSR count). The minimum Gasteiger partial charge on any atom is -0.497 e. The van der Waals surface area contributed by atoms with Crippen LogP contribution < -0.4 is 15.4 Å². The summed E-state index contributed by atoms with van der Waals surface area (Å²) in [5.41, 5.74) is 1.83. The van der Waals surface area contributed by atoms with Crippen molar-refractivity contribution in [2.24, 2.45) is 5.92 Å². The molecular weight excluding hydrogens is 316 g/mol. The van der Waals surface area contributed by atoms with Crippen molar-refractivity contribution in [3.8, 4) is 5.75 Å². The first kappa shape index (κ1) is 19.3. The second-order valence-corrected chi connectivity index (χ2v) is 5.64. The number of ether oxygens (including phenoxy) is 1.